The van der Waals surface area contributed by atoms with Gasteiger partial charge in [-0.25, -0.2) is 4.99 Å². The molecule has 0 saturated carbocycles. The summed E-state index contributed by atoms with van der Waals surface area (Å²) in [4.78, 5) is 4.67. The predicted octanol–water partition coefficient (Wildman–Crippen LogP) is 2.05. The quantitative estimate of drug-likeness (QED) is 0.573. The van der Waals surface area contributed by atoms with E-state index >= 15 is 0 Å². The summed E-state index contributed by atoms with van der Waals surface area (Å²) in [6, 6.07) is 0.538. The largest absolute Gasteiger partial charge is 0.279 e. The Balaban J connectivity index is 2.72. The molecule has 0 bridgehead atoms. The van der Waals surface area contributed by atoms with E-state index in [-0.39, 0.29) is 0 Å². The van der Waals surface area contributed by atoms with Crippen molar-refractivity contribution in [2.45, 2.75) is 39.7 Å². The van der Waals surface area contributed by atoms with Gasteiger partial charge in [0.1, 0.15) is 12.6 Å². The number of aliphatic imine (C=N–C) groups is 1. The summed E-state index contributed by atoms with van der Waals surface area (Å²) in [5.41, 5.74) is 0. The highest BCUT2D eigenvalue weighted by Gasteiger charge is 2.35. The van der Waals surface area contributed by atoms with Crippen LogP contribution in [0.5, 0.6) is 0 Å². The molecule has 12 heavy (non-hydrogen) atoms. The Morgan fingerprint density at radius 2 is 2.17 bits per heavy atom. The fourth-order valence-electron chi connectivity index (χ4n) is 2.31. The summed E-state index contributed by atoms with van der Waals surface area (Å²) in [6.45, 7) is 9.13. The molecule has 1 aliphatic heterocycles. The van der Waals surface area contributed by atoms with Crippen molar-refractivity contribution in [3.05, 3.63) is 0 Å². The second-order valence-corrected chi connectivity index (χ2v) is 4.05. The summed E-state index contributed by atoms with van der Waals surface area (Å²) in [5, 5.41) is 0. The molecular formula is C10H21N2+. The Hall–Kier alpha value is -0.370. The zero-order valence-electron chi connectivity index (χ0n) is 8.80. The van der Waals surface area contributed by atoms with Crippen LogP contribution in [0.3, 0.4) is 0 Å². The molecule has 0 aromatic heterocycles. The summed E-state index contributed by atoms with van der Waals surface area (Å²) in [6.07, 6.45) is 2.36. The summed E-state index contributed by atoms with van der Waals surface area (Å²) < 4.78 is 1.09. The SMILES string of the molecule is CCC[N+]1(C)CC(C)N=C1CC. The third-order valence-electron chi connectivity index (χ3n) is 2.69. The van der Waals surface area contributed by atoms with Gasteiger partial charge in [0, 0.05) is 6.42 Å². The van der Waals surface area contributed by atoms with Crippen LogP contribution in [0, 0.1) is 0 Å². The Bertz CT molecular complexity index is 186. The Labute approximate surface area is 75.9 Å². The van der Waals surface area contributed by atoms with Gasteiger partial charge in [-0.05, 0) is 13.3 Å². The molecule has 2 nitrogen and oxygen atoms in total. The minimum absolute atomic E-state index is 0.538. The van der Waals surface area contributed by atoms with E-state index < -0.39 is 0 Å². The maximum absolute atomic E-state index is 4.67. The van der Waals surface area contributed by atoms with Crippen molar-refractivity contribution < 1.29 is 4.48 Å². The van der Waals surface area contributed by atoms with Crippen molar-refractivity contribution in [1.29, 1.82) is 0 Å². The van der Waals surface area contributed by atoms with Gasteiger partial charge in [-0.1, -0.05) is 13.8 Å². The fourth-order valence-corrected chi connectivity index (χ4v) is 2.31. The lowest BCUT2D eigenvalue weighted by Gasteiger charge is -2.29. The van der Waals surface area contributed by atoms with Crippen molar-refractivity contribution in [2.75, 3.05) is 20.1 Å². The van der Waals surface area contributed by atoms with Gasteiger partial charge in [0.2, 0.25) is 0 Å². The molecule has 2 unspecified atom stereocenters. The number of quaternary nitrogens is 1. The van der Waals surface area contributed by atoms with Crippen LogP contribution >= 0.6 is 0 Å². The van der Waals surface area contributed by atoms with Crippen LogP contribution in [0.4, 0.5) is 0 Å². The van der Waals surface area contributed by atoms with Crippen LogP contribution in [0.15, 0.2) is 4.99 Å². The molecule has 0 aromatic carbocycles. The van der Waals surface area contributed by atoms with Crippen molar-refractivity contribution >= 4 is 5.84 Å². The van der Waals surface area contributed by atoms with E-state index in [1.165, 1.54) is 25.3 Å². The normalized spacial score (nSPS) is 35.3. The second-order valence-electron chi connectivity index (χ2n) is 4.05. The molecule has 0 fully saturated rings. The van der Waals surface area contributed by atoms with Crippen molar-refractivity contribution in [3.8, 4) is 0 Å². The van der Waals surface area contributed by atoms with Crippen molar-refractivity contribution in [2.24, 2.45) is 4.99 Å². The highest BCUT2D eigenvalue weighted by atomic mass is 15.4. The third-order valence-corrected chi connectivity index (χ3v) is 2.69. The number of hydrogen-bond acceptors (Lipinski definition) is 1. The molecule has 0 amide bonds. The highest BCUT2D eigenvalue weighted by Crippen LogP contribution is 2.19. The van der Waals surface area contributed by atoms with Crippen LogP contribution in [-0.2, 0) is 0 Å². The molecule has 0 saturated heterocycles. The molecule has 0 radical (unpaired) electrons. The molecule has 70 valence electrons. The van der Waals surface area contributed by atoms with Gasteiger partial charge in [0.25, 0.3) is 0 Å². The predicted molar refractivity (Wildman–Crippen MR) is 53.4 cm³/mol. The Kier molecular flexibility index (Phi) is 2.89. The summed E-state index contributed by atoms with van der Waals surface area (Å²) in [5.74, 6) is 1.39. The maximum Gasteiger partial charge on any atom is 0.198 e. The highest BCUT2D eigenvalue weighted by molar-refractivity contribution is 5.76. The zero-order chi connectivity index (χ0) is 9.19. The van der Waals surface area contributed by atoms with Gasteiger partial charge in [0.05, 0.1) is 13.6 Å². The molecule has 0 aromatic rings. The van der Waals surface area contributed by atoms with Crippen LogP contribution in [0.25, 0.3) is 0 Å². The first kappa shape index (κ1) is 9.72. The maximum atomic E-state index is 4.67. The topological polar surface area (TPSA) is 12.4 Å². The van der Waals surface area contributed by atoms with Gasteiger partial charge in [-0.3, -0.25) is 4.48 Å². The lowest BCUT2D eigenvalue weighted by Crippen LogP contribution is -2.48. The molecule has 2 atom stereocenters. The molecule has 0 spiro atoms. The first-order chi connectivity index (χ1) is 5.62. The molecule has 0 N–H and O–H groups in total. The lowest BCUT2D eigenvalue weighted by molar-refractivity contribution is -0.817. The molecular weight excluding hydrogens is 148 g/mol. The van der Waals surface area contributed by atoms with Crippen molar-refractivity contribution in [1.82, 2.24) is 0 Å². The average Bonchev–Trinajstić information content (AvgIpc) is 2.26. The monoisotopic (exact) mass is 169 g/mol. The number of rotatable bonds is 3. The zero-order valence-corrected chi connectivity index (χ0v) is 8.80. The van der Waals surface area contributed by atoms with E-state index in [4.69, 9.17) is 0 Å². The van der Waals surface area contributed by atoms with E-state index in [1.807, 2.05) is 0 Å². The van der Waals surface area contributed by atoms with Gasteiger partial charge in [-0.2, -0.15) is 0 Å². The first-order valence-electron chi connectivity index (χ1n) is 5.04. The second kappa shape index (κ2) is 3.56. The molecule has 1 aliphatic rings. The molecule has 2 heteroatoms. The van der Waals surface area contributed by atoms with Crippen molar-refractivity contribution in [3.63, 3.8) is 0 Å². The van der Waals surface area contributed by atoms with E-state index in [9.17, 15) is 0 Å². The van der Waals surface area contributed by atoms with Gasteiger partial charge >= 0.3 is 0 Å². The Morgan fingerprint density at radius 1 is 1.50 bits per heavy atom. The van der Waals surface area contributed by atoms with E-state index in [1.54, 1.807) is 0 Å². The van der Waals surface area contributed by atoms with Crippen LogP contribution in [0.2, 0.25) is 0 Å². The van der Waals surface area contributed by atoms with Crippen LogP contribution in [-0.4, -0.2) is 36.5 Å². The number of likely N-dealkylation sites (N-methyl/N-ethyl adjacent to an activating group) is 1. The van der Waals surface area contributed by atoms with E-state index in [0.29, 0.717) is 6.04 Å². The van der Waals surface area contributed by atoms with Gasteiger partial charge in [0.15, 0.2) is 5.84 Å². The number of amidine groups is 1. The minimum Gasteiger partial charge on any atom is -0.279 e. The summed E-state index contributed by atoms with van der Waals surface area (Å²) in [7, 11) is 2.31. The van der Waals surface area contributed by atoms with E-state index in [0.717, 1.165) is 10.9 Å². The molecule has 1 heterocycles. The Morgan fingerprint density at radius 3 is 2.67 bits per heavy atom. The number of hydrogen-bond donors (Lipinski definition) is 0. The smallest absolute Gasteiger partial charge is 0.198 e. The first-order valence-corrected chi connectivity index (χ1v) is 5.04. The minimum atomic E-state index is 0.538. The van der Waals surface area contributed by atoms with Crippen LogP contribution < -0.4 is 0 Å². The summed E-state index contributed by atoms with van der Waals surface area (Å²) >= 11 is 0. The number of nitrogens with zero attached hydrogens (tertiary/aromatic N) is 2. The third kappa shape index (κ3) is 1.69. The van der Waals surface area contributed by atoms with Crippen LogP contribution in [0.1, 0.15) is 33.6 Å². The van der Waals surface area contributed by atoms with Gasteiger partial charge in [-0.15, -0.1) is 0 Å². The standard InChI is InChI=1S/C10H21N2/c1-5-7-12(4)8-9(3)11-10(12)6-2/h9H,5-8H2,1-4H3/q+1. The van der Waals surface area contributed by atoms with E-state index in [2.05, 4.69) is 32.8 Å². The lowest BCUT2D eigenvalue weighted by atomic mass is 10.2. The molecule has 1 rings (SSSR count). The fraction of sp³-hybridized carbons (Fsp3) is 0.900. The van der Waals surface area contributed by atoms with Gasteiger partial charge < -0.3 is 0 Å². The average molecular weight is 169 g/mol. The molecule has 0 aliphatic carbocycles.